The molecule has 2 rings (SSSR count). The topological polar surface area (TPSA) is 87.7 Å². The Kier molecular flexibility index (Phi) is 6.83. The highest BCUT2D eigenvalue weighted by Crippen LogP contribution is 2.17. The first kappa shape index (κ1) is 18.3. The predicted octanol–water partition coefficient (Wildman–Crippen LogP) is 1.63. The zero-order valence-electron chi connectivity index (χ0n) is 14.1. The fourth-order valence-electron chi connectivity index (χ4n) is 2.16. The molecule has 0 aliphatic rings. The van der Waals surface area contributed by atoms with Crippen LogP contribution in [0.5, 0.6) is 11.5 Å². The number of rotatable bonds is 8. The van der Waals surface area contributed by atoms with E-state index in [1.165, 1.54) is 12.1 Å². The van der Waals surface area contributed by atoms with Gasteiger partial charge in [-0.05, 0) is 36.8 Å². The van der Waals surface area contributed by atoms with E-state index in [2.05, 4.69) is 10.6 Å². The molecular weight excluding hydrogens is 320 g/mol. The van der Waals surface area contributed by atoms with Crippen LogP contribution in [-0.4, -0.2) is 36.1 Å². The molecule has 0 saturated heterocycles. The molecule has 0 heterocycles. The molecule has 132 valence electrons. The quantitative estimate of drug-likeness (QED) is 0.637. The standard InChI is InChI=1S/C19H22N2O4/c1-14(25-17-9-7-16(22)8-10-17)19(24)21-12-11-20-18(23)13-15-5-3-2-4-6-15/h2-10,14,22H,11-13H2,1H3,(H,20,23)(H,21,24). The Balaban J connectivity index is 1.64. The number of nitrogens with one attached hydrogen (secondary N) is 2. The van der Waals surface area contributed by atoms with Crippen LogP contribution in [0.15, 0.2) is 54.6 Å². The molecule has 1 atom stereocenters. The molecule has 0 aromatic heterocycles. The second-order valence-electron chi connectivity index (χ2n) is 5.56. The summed E-state index contributed by atoms with van der Waals surface area (Å²) in [4.78, 5) is 23.7. The lowest BCUT2D eigenvalue weighted by atomic mass is 10.1. The highest BCUT2D eigenvalue weighted by molar-refractivity contribution is 5.81. The molecule has 0 bridgehead atoms. The van der Waals surface area contributed by atoms with Crippen molar-refractivity contribution in [2.45, 2.75) is 19.4 Å². The lowest BCUT2D eigenvalue weighted by molar-refractivity contribution is -0.127. The molecule has 0 spiro atoms. The molecule has 2 amide bonds. The van der Waals surface area contributed by atoms with Gasteiger partial charge in [-0.2, -0.15) is 0 Å². The Morgan fingerprint density at radius 2 is 1.64 bits per heavy atom. The minimum Gasteiger partial charge on any atom is -0.508 e. The molecular formula is C19H22N2O4. The average molecular weight is 342 g/mol. The lowest BCUT2D eigenvalue weighted by Crippen LogP contribution is -2.41. The minimum absolute atomic E-state index is 0.0890. The first-order chi connectivity index (χ1) is 12.0. The summed E-state index contributed by atoms with van der Waals surface area (Å²) in [6, 6.07) is 15.6. The van der Waals surface area contributed by atoms with Gasteiger partial charge in [-0.25, -0.2) is 0 Å². The Labute approximate surface area is 146 Å². The van der Waals surface area contributed by atoms with E-state index in [9.17, 15) is 14.7 Å². The van der Waals surface area contributed by atoms with Crippen LogP contribution in [0, 0.1) is 0 Å². The van der Waals surface area contributed by atoms with Gasteiger partial charge in [0.1, 0.15) is 11.5 Å². The molecule has 1 unspecified atom stereocenters. The average Bonchev–Trinajstić information content (AvgIpc) is 2.61. The number of ether oxygens (including phenoxy) is 1. The summed E-state index contributed by atoms with van der Waals surface area (Å²) in [6.07, 6.45) is -0.362. The molecule has 2 aromatic rings. The molecule has 0 aliphatic carbocycles. The number of carbonyl (C=O) groups excluding carboxylic acids is 2. The van der Waals surface area contributed by atoms with E-state index in [0.29, 0.717) is 25.3 Å². The van der Waals surface area contributed by atoms with Gasteiger partial charge in [0.05, 0.1) is 6.42 Å². The zero-order valence-corrected chi connectivity index (χ0v) is 14.1. The third-order valence-electron chi connectivity index (χ3n) is 3.47. The summed E-state index contributed by atoms with van der Waals surface area (Å²) in [7, 11) is 0. The van der Waals surface area contributed by atoms with Crippen LogP contribution >= 0.6 is 0 Å². The number of phenols is 1. The van der Waals surface area contributed by atoms with Gasteiger partial charge < -0.3 is 20.5 Å². The molecule has 3 N–H and O–H groups in total. The van der Waals surface area contributed by atoms with Gasteiger partial charge in [-0.1, -0.05) is 30.3 Å². The van der Waals surface area contributed by atoms with Crippen LogP contribution in [0.2, 0.25) is 0 Å². The van der Waals surface area contributed by atoms with Crippen LogP contribution in [0.4, 0.5) is 0 Å². The lowest BCUT2D eigenvalue weighted by Gasteiger charge is -2.15. The maximum Gasteiger partial charge on any atom is 0.260 e. The molecule has 2 aromatic carbocycles. The molecule has 0 saturated carbocycles. The van der Waals surface area contributed by atoms with E-state index < -0.39 is 6.10 Å². The smallest absolute Gasteiger partial charge is 0.260 e. The van der Waals surface area contributed by atoms with Crippen molar-refractivity contribution in [3.63, 3.8) is 0 Å². The molecule has 0 aliphatic heterocycles. The van der Waals surface area contributed by atoms with Gasteiger partial charge in [0, 0.05) is 13.1 Å². The van der Waals surface area contributed by atoms with Gasteiger partial charge in [0.2, 0.25) is 5.91 Å². The van der Waals surface area contributed by atoms with Crippen LogP contribution < -0.4 is 15.4 Å². The second kappa shape index (κ2) is 9.32. The summed E-state index contributed by atoms with van der Waals surface area (Å²) in [5, 5.41) is 14.7. The summed E-state index contributed by atoms with van der Waals surface area (Å²) in [6.45, 7) is 2.31. The highest BCUT2D eigenvalue weighted by Gasteiger charge is 2.14. The van der Waals surface area contributed by atoms with Gasteiger partial charge in [0.25, 0.3) is 5.91 Å². The van der Waals surface area contributed by atoms with Gasteiger partial charge >= 0.3 is 0 Å². The Hall–Kier alpha value is -3.02. The van der Waals surface area contributed by atoms with Crippen molar-refractivity contribution in [1.82, 2.24) is 10.6 Å². The third-order valence-corrected chi connectivity index (χ3v) is 3.47. The normalized spacial score (nSPS) is 11.4. The molecule has 6 nitrogen and oxygen atoms in total. The number of carbonyl (C=O) groups is 2. The molecule has 6 heteroatoms. The summed E-state index contributed by atoms with van der Waals surface area (Å²) < 4.78 is 5.48. The molecule has 0 radical (unpaired) electrons. The largest absolute Gasteiger partial charge is 0.508 e. The van der Waals surface area contributed by atoms with Crippen molar-refractivity contribution in [2.75, 3.05) is 13.1 Å². The van der Waals surface area contributed by atoms with Crippen molar-refractivity contribution in [3.8, 4) is 11.5 Å². The van der Waals surface area contributed by atoms with Gasteiger partial charge in [-0.3, -0.25) is 9.59 Å². The summed E-state index contributed by atoms with van der Waals surface area (Å²) >= 11 is 0. The van der Waals surface area contributed by atoms with Crippen LogP contribution in [-0.2, 0) is 16.0 Å². The van der Waals surface area contributed by atoms with E-state index in [0.717, 1.165) is 5.56 Å². The first-order valence-corrected chi connectivity index (χ1v) is 8.08. The van der Waals surface area contributed by atoms with Crippen molar-refractivity contribution in [3.05, 3.63) is 60.2 Å². The Morgan fingerprint density at radius 1 is 1.00 bits per heavy atom. The molecule has 0 fully saturated rings. The SMILES string of the molecule is CC(Oc1ccc(O)cc1)C(=O)NCCNC(=O)Cc1ccccc1. The van der Waals surface area contributed by atoms with Gasteiger partial charge in [-0.15, -0.1) is 0 Å². The number of hydrogen-bond donors (Lipinski definition) is 3. The minimum atomic E-state index is -0.676. The number of hydrogen-bond acceptors (Lipinski definition) is 4. The summed E-state index contributed by atoms with van der Waals surface area (Å²) in [5.41, 5.74) is 0.944. The van der Waals surface area contributed by atoms with Crippen molar-refractivity contribution < 1.29 is 19.4 Å². The Bertz CT molecular complexity index is 686. The number of amides is 2. The van der Waals surface area contributed by atoms with Crippen molar-refractivity contribution in [1.29, 1.82) is 0 Å². The maximum absolute atomic E-state index is 12.0. The van der Waals surface area contributed by atoms with Crippen LogP contribution in [0.25, 0.3) is 0 Å². The van der Waals surface area contributed by atoms with Gasteiger partial charge in [0.15, 0.2) is 6.10 Å². The number of aromatic hydroxyl groups is 1. The van der Waals surface area contributed by atoms with E-state index in [-0.39, 0.29) is 17.6 Å². The number of benzene rings is 2. The van der Waals surface area contributed by atoms with Crippen LogP contribution in [0.3, 0.4) is 0 Å². The third kappa shape index (κ3) is 6.55. The monoisotopic (exact) mass is 342 g/mol. The zero-order chi connectivity index (χ0) is 18.1. The second-order valence-corrected chi connectivity index (χ2v) is 5.56. The Morgan fingerprint density at radius 3 is 2.32 bits per heavy atom. The van der Waals surface area contributed by atoms with Crippen LogP contribution in [0.1, 0.15) is 12.5 Å². The van der Waals surface area contributed by atoms with Crippen molar-refractivity contribution in [2.24, 2.45) is 0 Å². The van der Waals surface area contributed by atoms with E-state index in [1.807, 2.05) is 30.3 Å². The number of phenolic OH excluding ortho intramolecular Hbond substituents is 1. The molecule has 25 heavy (non-hydrogen) atoms. The summed E-state index contributed by atoms with van der Waals surface area (Å²) in [5.74, 6) is 0.270. The maximum atomic E-state index is 12.0. The fraction of sp³-hybridized carbons (Fsp3) is 0.263. The predicted molar refractivity (Wildman–Crippen MR) is 94.4 cm³/mol. The van der Waals surface area contributed by atoms with E-state index in [1.54, 1.807) is 19.1 Å². The van der Waals surface area contributed by atoms with E-state index >= 15 is 0 Å². The van der Waals surface area contributed by atoms with Crippen molar-refractivity contribution >= 4 is 11.8 Å². The first-order valence-electron chi connectivity index (χ1n) is 8.08. The van der Waals surface area contributed by atoms with E-state index in [4.69, 9.17) is 4.74 Å². The fourth-order valence-corrected chi connectivity index (χ4v) is 2.16. The highest BCUT2D eigenvalue weighted by atomic mass is 16.5.